The van der Waals surface area contributed by atoms with E-state index in [1.807, 2.05) is 39.0 Å². The van der Waals surface area contributed by atoms with Gasteiger partial charge in [0.1, 0.15) is 20.5 Å². The number of hydrogen-bond donors (Lipinski definition) is 2. The molecule has 0 aliphatic carbocycles. The number of ether oxygens (including phenoxy) is 1. The highest BCUT2D eigenvalue weighted by atomic mass is 32.2. The third kappa shape index (κ3) is 4.80. The van der Waals surface area contributed by atoms with E-state index in [-0.39, 0.29) is 31.1 Å². The molecule has 0 unspecified atom stereocenters. The molecule has 180 valence electrons. The number of nitrogens with two attached hydrogens (primary N) is 1. The molecule has 4 rings (SSSR count). The summed E-state index contributed by atoms with van der Waals surface area (Å²) >= 11 is 1.03. The summed E-state index contributed by atoms with van der Waals surface area (Å²) < 4.78 is 32.7. The fraction of sp³-hybridized carbons (Fsp3) is 0.148. The molecule has 0 atom stereocenters. The minimum atomic E-state index is -4.02. The van der Waals surface area contributed by atoms with Crippen molar-refractivity contribution < 1.29 is 17.9 Å². The van der Waals surface area contributed by atoms with E-state index in [1.54, 1.807) is 48.5 Å². The molecule has 0 fully saturated rings. The summed E-state index contributed by atoms with van der Waals surface area (Å²) in [6.07, 6.45) is 0. The molecule has 3 aromatic carbocycles. The average molecular weight is 507 g/mol. The monoisotopic (exact) mass is 506 g/mol. The number of thiophene rings is 1. The molecule has 8 heteroatoms. The van der Waals surface area contributed by atoms with Gasteiger partial charge in [-0.1, -0.05) is 35.9 Å². The lowest BCUT2D eigenvalue weighted by atomic mass is 10.1. The van der Waals surface area contributed by atoms with Crippen molar-refractivity contribution in [3.8, 4) is 5.75 Å². The van der Waals surface area contributed by atoms with Crippen LogP contribution in [0.5, 0.6) is 5.75 Å². The number of anilines is 3. The Morgan fingerprint density at radius 2 is 1.66 bits per heavy atom. The van der Waals surface area contributed by atoms with Crippen molar-refractivity contribution in [1.29, 1.82) is 0 Å². The SMILES string of the molecule is COc1cccc(C(=O)c2sc(Nc3ccc(C)c(C)c3)c(S(=O)(=O)c3ccc(C)cc3)c2N)c1. The van der Waals surface area contributed by atoms with Crippen molar-refractivity contribution in [3.05, 3.63) is 93.9 Å². The first-order valence-corrected chi connectivity index (χ1v) is 13.2. The number of methoxy groups -OCH3 is 1. The van der Waals surface area contributed by atoms with Crippen molar-refractivity contribution in [2.24, 2.45) is 0 Å². The zero-order valence-corrected chi connectivity index (χ0v) is 21.5. The van der Waals surface area contributed by atoms with Crippen LogP contribution >= 0.6 is 11.3 Å². The van der Waals surface area contributed by atoms with E-state index in [0.717, 1.165) is 28.0 Å². The van der Waals surface area contributed by atoms with E-state index in [1.165, 1.54) is 7.11 Å². The molecular weight excluding hydrogens is 480 g/mol. The van der Waals surface area contributed by atoms with Crippen LogP contribution in [0.4, 0.5) is 16.4 Å². The van der Waals surface area contributed by atoms with Crippen LogP contribution in [0.25, 0.3) is 0 Å². The molecule has 35 heavy (non-hydrogen) atoms. The van der Waals surface area contributed by atoms with Gasteiger partial charge < -0.3 is 15.8 Å². The zero-order valence-electron chi connectivity index (χ0n) is 19.9. The first kappa shape index (κ1) is 24.5. The molecule has 0 bridgehead atoms. The van der Waals surface area contributed by atoms with Gasteiger partial charge in [0, 0.05) is 11.3 Å². The number of benzene rings is 3. The van der Waals surface area contributed by atoms with Gasteiger partial charge in [0.2, 0.25) is 15.6 Å². The molecule has 0 spiro atoms. The fourth-order valence-corrected chi connectivity index (χ4v) is 6.56. The molecule has 0 aliphatic rings. The lowest BCUT2D eigenvalue weighted by molar-refractivity contribution is 0.104. The van der Waals surface area contributed by atoms with Gasteiger partial charge in [-0.15, -0.1) is 11.3 Å². The molecule has 1 heterocycles. The number of carbonyl (C=O) groups is 1. The van der Waals surface area contributed by atoms with E-state index in [4.69, 9.17) is 10.5 Å². The van der Waals surface area contributed by atoms with Gasteiger partial charge in [0.25, 0.3) is 0 Å². The van der Waals surface area contributed by atoms with Crippen LogP contribution in [0, 0.1) is 20.8 Å². The van der Waals surface area contributed by atoms with Crippen LogP contribution < -0.4 is 15.8 Å². The van der Waals surface area contributed by atoms with Crippen LogP contribution in [0.1, 0.15) is 31.9 Å². The lowest BCUT2D eigenvalue weighted by Crippen LogP contribution is -2.08. The van der Waals surface area contributed by atoms with Crippen LogP contribution in [0.3, 0.4) is 0 Å². The second-order valence-corrected chi connectivity index (χ2v) is 11.2. The number of hydrogen-bond acceptors (Lipinski definition) is 7. The maximum absolute atomic E-state index is 13.7. The van der Waals surface area contributed by atoms with E-state index in [2.05, 4.69) is 5.32 Å². The quantitative estimate of drug-likeness (QED) is 0.295. The molecule has 0 radical (unpaired) electrons. The number of aryl methyl sites for hydroxylation is 3. The Kier molecular flexibility index (Phi) is 6.69. The Morgan fingerprint density at radius 1 is 0.943 bits per heavy atom. The smallest absolute Gasteiger partial charge is 0.211 e. The Labute approximate surface area is 209 Å². The standard InChI is InChI=1S/C27H26N2O4S2/c1-16-8-12-22(13-9-16)35(31,32)26-23(28)25(24(30)19-6-5-7-21(15-19)33-4)34-27(26)29-20-11-10-17(2)18(3)14-20/h5-15,29H,28H2,1-4H3. The van der Waals surface area contributed by atoms with Crippen molar-refractivity contribution in [2.45, 2.75) is 30.6 Å². The maximum Gasteiger partial charge on any atom is 0.211 e. The summed E-state index contributed by atoms with van der Waals surface area (Å²) in [6.45, 7) is 5.86. The minimum Gasteiger partial charge on any atom is -0.497 e. The number of nitrogen functional groups attached to an aromatic ring is 1. The van der Waals surface area contributed by atoms with Gasteiger partial charge >= 0.3 is 0 Å². The molecule has 4 aromatic rings. The van der Waals surface area contributed by atoms with Crippen molar-refractivity contribution >= 4 is 43.3 Å². The number of sulfone groups is 1. The Balaban J connectivity index is 1.88. The molecule has 0 saturated heterocycles. The summed E-state index contributed by atoms with van der Waals surface area (Å²) in [7, 11) is -2.50. The summed E-state index contributed by atoms with van der Waals surface area (Å²) in [6, 6.07) is 19.0. The van der Waals surface area contributed by atoms with Gasteiger partial charge in [0.15, 0.2) is 0 Å². The van der Waals surface area contributed by atoms with Crippen LogP contribution in [0.15, 0.2) is 76.5 Å². The molecule has 3 N–H and O–H groups in total. The number of ketones is 1. The van der Waals surface area contributed by atoms with E-state index >= 15 is 0 Å². The highest BCUT2D eigenvalue weighted by molar-refractivity contribution is 7.92. The normalized spacial score (nSPS) is 11.3. The lowest BCUT2D eigenvalue weighted by Gasteiger charge is -2.11. The summed E-state index contributed by atoms with van der Waals surface area (Å²) in [4.78, 5) is 13.6. The second-order valence-electron chi connectivity index (χ2n) is 8.30. The maximum atomic E-state index is 13.7. The van der Waals surface area contributed by atoms with Gasteiger partial charge in [-0.2, -0.15) is 0 Å². The van der Waals surface area contributed by atoms with Crippen molar-refractivity contribution in [2.75, 3.05) is 18.2 Å². The van der Waals surface area contributed by atoms with Gasteiger partial charge in [-0.05, 0) is 68.3 Å². The topological polar surface area (TPSA) is 98.5 Å². The van der Waals surface area contributed by atoms with Crippen molar-refractivity contribution in [3.63, 3.8) is 0 Å². The Bertz CT molecular complexity index is 1520. The largest absolute Gasteiger partial charge is 0.497 e. The van der Waals surface area contributed by atoms with Gasteiger partial charge in [-0.25, -0.2) is 8.42 Å². The zero-order chi connectivity index (χ0) is 25.3. The fourth-order valence-electron chi connectivity index (χ4n) is 3.63. The first-order chi connectivity index (χ1) is 16.6. The van der Waals surface area contributed by atoms with Gasteiger partial charge in [0.05, 0.1) is 17.7 Å². The predicted octanol–water partition coefficient (Wildman–Crippen LogP) is 6.07. The second kappa shape index (κ2) is 9.56. The van der Waals surface area contributed by atoms with E-state index in [9.17, 15) is 13.2 Å². The molecule has 0 amide bonds. The highest BCUT2D eigenvalue weighted by Crippen LogP contribution is 2.44. The summed E-state index contributed by atoms with van der Waals surface area (Å²) in [5.41, 5.74) is 10.5. The number of carbonyl (C=O) groups excluding carboxylic acids is 1. The van der Waals surface area contributed by atoms with Crippen LogP contribution in [0.2, 0.25) is 0 Å². The third-order valence-corrected chi connectivity index (χ3v) is 8.91. The van der Waals surface area contributed by atoms with E-state index < -0.39 is 9.84 Å². The Hall–Kier alpha value is -3.62. The number of rotatable bonds is 7. The van der Waals surface area contributed by atoms with Crippen LogP contribution in [-0.4, -0.2) is 21.3 Å². The number of nitrogens with one attached hydrogen (secondary N) is 1. The summed E-state index contributed by atoms with van der Waals surface area (Å²) in [5, 5.41) is 3.49. The summed E-state index contributed by atoms with van der Waals surface area (Å²) in [5.74, 6) is 0.145. The van der Waals surface area contributed by atoms with E-state index in [0.29, 0.717) is 17.0 Å². The highest BCUT2D eigenvalue weighted by Gasteiger charge is 2.31. The molecular formula is C27H26N2O4S2. The molecule has 1 aromatic heterocycles. The molecule has 0 aliphatic heterocycles. The van der Waals surface area contributed by atoms with Crippen LogP contribution in [-0.2, 0) is 9.84 Å². The first-order valence-electron chi connectivity index (χ1n) is 10.9. The predicted molar refractivity (Wildman–Crippen MR) is 141 cm³/mol. The third-order valence-electron chi connectivity index (χ3n) is 5.80. The molecule has 0 saturated carbocycles. The van der Waals surface area contributed by atoms with Crippen molar-refractivity contribution in [1.82, 2.24) is 0 Å². The van der Waals surface area contributed by atoms with Gasteiger partial charge in [-0.3, -0.25) is 4.79 Å². The average Bonchev–Trinajstić information content (AvgIpc) is 3.17. The molecule has 6 nitrogen and oxygen atoms in total. The minimum absolute atomic E-state index is 0.0743. The Morgan fingerprint density at radius 3 is 2.31 bits per heavy atom.